The van der Waals surface area contributed by atoms with Crippen molar-refractivity contribution in [2.75, 3.05) is 6.61 Å². The molecule has 2 rings (SSSR count). The van der Waals surface area contributed by atoms with E-state index < -0.39 is 6.04 Å². The predicted octanol–water partition coefficient (Wildman–Crippen LogP) is 5.53. The number of halogens is 1. The van der Waals surface area contributed by atoms with Crippen LogP contribution < -0.4 is 10.1 Å². The third kappa shape index (κ3) is 8.19. The largest absolute Gasteiger partial charge is 0.494 e. The second kappa shape index (κ2) is 11.9. The van der Waals surface area contributed by atoms with Gasteiger partial charge in [-0.3, -0.25) is 9.59 Å². The van der Waals surface area contributed by atoms with Crippen LogP contribution in [0.1, 0.15) is 58.1 Å². The Morgan fingerprint density at radius 2 is 1.75 bits per heavy atom. The first-order chi connectivity index (χ1) is 15.1. The van der Waals surface area contributed by atoms with E-state index in [1.807, 2.05) is 77.1 Å². The molecule has 0 fully saturated rings. The van der Waals surface area contributed by atoms with Gasteiger partial charge in [-0.2, -0.15) is 0 Å². The number of carbonyl (C=O) groups excluding carboxylic acids is 2. The van der Waals surface area contributed by atoms with Gasteiger partial charge in [-0.05, 0) is 64.3 Å². The summed E-state index contributed by atoms with van der Waals surface area (Å²) in [5.74, 6) is 0.539. The molecule has 6 heteroatoms. The minimum atomic E-state index is -0.573. The zero-order valence-electron chi connectivity index (χ0n) is 19.8. The number of aryl methyl sites for hydroxylation is 1. The van der Waals surface area contributed by atoms with E-state index >= 15 is 0 Å². The lowest BCUT2D eigenvalue weighted by Gasteiger charge is -2.33. The highest BCUT2D eigenvalue weighted by atomic mass is 35.5. The molecular weight excluding hydrogens is 424 g/mol. The van der Waals surface area contributed by atoms with Crippen molar-refractivity contribution >= 4 is 23.4 Å². The molecule has 2 amide bonds. The number of hydrogen-bond acceptors (Lipinski definition) is 3. The predicted molar refractivity (Wildman–Crippen MR) is 130 cm³/mol. The Morgan fingerprint density at radius 1 is 1.09 bits per heavy atom. The van der Waals surface area contributed by atoms with Crippen LogP contribution in [0.5, 0.6) is 5.75 Å². The topological polar surface area (TPSA) is 58.6 Å². The first-order valence-corrected chi connectivity index (χ1v) is 11.5. The van der Waals surface area contributed by atoms with Crippen molar-refractivity contribution in [2.45, 2.75) is 72.0 Å². The van der Waals surface area contributed by atoms with Crippen molar-refractivity contribution in [3.63, 3.8) is 0 Å². The molecule has 32 heavy (non-hydrogen) atoms. The second-order valence-electron chi connectivity index (χ2n) is 9.04. The first kappa shape index (κ1) is 25.7. The molecule has 5 nitrogen and oxygen atoms in total. The van der Waals surface area contributed by atoms with Crippen molar-refractivity contribution < 1.29 is 14.3 Å². The molecule has 0 saturated heterocycles. The maximum absolute atomic E-state index is 13.2. The molecule has 0 unspecified atom stereocenters. The number of rotatable bonds is 10. The molecule has 0 aliphatic carbocycles. The van der Waals surface area contributed by atoms with E-state index in [1.165, 1.54) is 5.56 Å². The van der Waals surface area contributed by atoms with Crippen molar-refractivity contribution in [1.29, 1.82) is 0 Å². The van der Waals surface area contributed by atoms with E-state index in [4.69, 9.17) is 16.3 Å². The van der Waals surface area contributed by atoms with Gasteiger partial charge in [0, 0.05) is 23.5 Å². The van der Waals surface area contributed by atoms with Crippen LogP contribution in [0.2, 0.25) is 5.02 Å². The van der Waals surface area contributed by atoms with Crippen LogP contribution in [0.15, 0.2) is 48.5 Å². The Morgan fingerprint density at radius 3 is 2.34 bits per heavy atom. The summed E-state index contributed by atoms with van der Waals surface area (Å²) < 4.78 is 5.76. The summed E-state index contributed by atoms with van der Waals surface area (Å²) in [4.78, 5) is 27.9. The fourth-order valence-corrected chi connectivity index (χ4v) is 3.57. The zero-order valence-corrected chi connectivity index (χ0v) is 20.5. The van der Waals surface area contributed by atoms with Gasteiger partial charge in [0.1, 0.15) is 11.8 Å². The Labute approximate surface area is 197 Å². The fourth-order valence-electron chi connectivity index (χ4n) is 3.37. The highest BCUT2D eigenvalue weighted by molar-refractivity contribution is 6.31. The monoisotopic (exact) mass is 458 g/mol. The van der Waals surface area contributed by atoms with Crippen LogP contribution in [0, 0.1) is 6.92 Å². The lowest BCUT2D eigenvalue weighted by Crippen LogP contribution is -2.53. The van der Waals surface area contributed by atoms with Gasteiger partial charge >= 0.3 is 0 Å². The summed E-state index contributed by atoms with van der Waals surface area (Å²) in [5.41, 5.74) is 1.60. The molecule has 0 radical (unpaired) electrons. The smallest absolute Gasteiger partial charge is 0.243 e. The van der Waals surface area contributed by atoms with Crippen molar-refractivity contribution in [1.82, 2.24) is 10.2 Å². The molecule has 174 valence electrons. The molecular formula is C26H35ClN2O3. The molecule has 0 saturated carbocycles. The lowest BCUT2D eigenvalue weighted by atomic mass is 10.0. The standard InChI is InChI=1S/C26H35ClN2O3/c1-6-23(25(31)28-26(3,4)5)29(18-20-10-7-8-11-22(20)27)24(30)12-9-17-32-21-15-13-19(2)14-16-21/h7-8,10-11,13-16,23H,6,9,12,17-18H2,1-5H3,(H,28,31)/t23-/m0/s1. The molecule has 0 heterocycles. The average molecular weight is 459 g/mol. The average Bonchev–Trinajstić information content (AvgIpc) is 2.72. The minimum Gasteiger partial charge on any atom is -0.494 e. The van der Waals surface area contributed by atoms with Crippen LogP contribution in [-0.2, 0) is 16.1 Å². The van der Waals surface area contributed by atoms with E-state index in [1.54, 1.807) is 11.0 Å². The minimum absolute atomic E-state index is 0.0895. The summed E-state index contributed by atoms with van der Waals surface area (Å²) in [5, 5.41) is 3.59. The fraction of sp³-hybridized carbons (Fsp3) is 0.462. The van der Waals surface area contributed by atoms with E-state index in [0.29, 0.717) is 24.5 Å². The summed E-state index contributed by atoms with van der Waals surface area (Å²) in [6.07, 6.45) is 1.36. The van der Waals surface area contributed by atoms with Crippen LogP contribution in [0.4, 0.5) is 0 Å². The number of nitrogens with one attached hydrogen (secondary N) is 1. The lowest BCUT2D eigenvalue weighted by molar-refractivity contribution is -0.142. The van der Waals surface area contributed by atoms with E-state index in [0.717, 1.165) is 11.3 Å². The molecule has 0 aliphatic rings. The SMILES string of the molecule is CC[C@@H](C(=O)NC(C)(C)C)N(Cc1ccccc1Cl)C(=O)CCCOc1ccc(C)cc1. The number of amides is 2. The van der Waals surface area contributed by atoms with Gasteiger partial charge in [0.2, 0.25) is 11.8 Å². The number of hydrogen-bond donors (Lipinski definition) is 1. The normalized spacial score (nSPS) is 12.2. The van der Waals surface area contributed by atoms with E-state index in [2.05, 4.69) is 5.32 Å². The first-order valence-electron chi connectivity index (χ1n) is 11.1. The molecule has 2 aromatic rings. The highest BCUT2D eigenvalue weighted by Crippen LogP contribution is 2.21. The van der Waals surface area contributed by atoms with Gasteiger partial charge in [-0.25, -0.2) is 0 Å². The Hall–Kier alpha value is -2.53. The molecule has 2 aromatic carbocycles. The highest BCUT2D eigenvalue weighted by Gasteiger charge is 2.30. The Bertz CT molecular complexity index is 891. The van der Waals surface area contributed by atoms with Crippen LogP contribution in [0.25, 0.3) is 0 Å². The zero-order chi connectivity index (χ0) is 23.7. The van der Waals surface area contributed by atoms with Gasteiger partial charge in [-0.1, -0.05) is 54.4 Å². The van der Waals surface area contributed by atoms with Crippen molar-refractivity contribution in [3.05, 3.63) is 64.7 Å². The van der Waals surface area contributed by atoms with E-state index in [9.17, 15) is 9.59 Å². The summed E-state index contributed by atoms with van der Waals surface area (Å²) in [7, 11) is 0. The number of nitrogens with zero attached hydrogens (tertiary/aromatic N) is 1. The summed E-state index contributed by atoms with van der Waals surface area (Å²) in [6.45, 7) is 10.4. The third-order valence-corrected chi connectivity index (χ3v) is 5.38. The molecule has 0 aromatic heterocycles. The van der Waals surface area contributed by atoms with Crippen molar-refractivity contribution in [2.24, 2.45) is 0 Å². The number of ether oxygens (including phenoxy) is 1. The van der Waals surface area contributed by atoms with Gasteiger partial charge in [0.15, 0.2) is 0 Å². The summed E-state index contributed by atoms with van der Waals surface area (Å²) in [6, 6.07) is 14.7. The molecule has 1 N–H and O–H groups in total. The number of carbonyl (C=O) groups is 2. The molecule has 0 aliphatic heterocycles. The maximum Gasteiger partial charge on any atom is 0.243 e. The molecule has 0 spiro atoms. The number of benzene rings is 2. The maximum atomic E-state index is 13.2. The van der Waals surface area contributed by atoms with Gasteiger partial charge in [0.25, 0.3) is 0 Å². The Balaban J connectivity index is 2.09. The summed E-state index contributed by atoms with van der Waals surface area (Å²) >= 11 is 6.35. The molecule has 1 atom stereocenters. The van der Waals surface area contributed by atoms with Gasteiger partial charge < -0.3 is 15.0 Å². The van der Waals surface area contributed by atoms with E-state index in [-0.39, 0.29) is 30.3 Å². The third-order valence-electron chi connectivity index (χ3n) is 5.01. The van der Waals surface area contributed by atoms with Gasteiger partial charge in [-0.15, -0.1) is 0 Å². The van der Waals surface area contributed by atoms with Gasteiger partial charge in [0.05, 0.1) is 6.61 Å². The quantitative estimate of drug-likeness (QED) is 0.476. The van der Waals surface area contributed by atoms with Crippen LogP contribution in [-0.4, -0.2) is 34.9 Å². The van der Waals surface area contributed by atoms with Crippen LogP contribution in [0.3, 0.4) is 0 Å². The Kier molecular flexibility index (Phi) is 9.58. The second-order valence-corrected chi connectivity index (χ2v) is 9.45. The van der Waals surface area contributed by atoms with Crippen molar-refractivity contribution in [3.8, 4) is 5.75 Å². The molecule has 0 bridgehead atoms. The van der Waals surface area contributed by atoms with Crippen LogP contribution >= 0.6 is 11.6 Å².